The maximum atomic E-state index is 6.14. The SMILES string of the molecule is CCOc1ccc(C(CCS)NC)cc1Cl. The molecule has 1 atom stereocenters. The summed E-state index contributed by atoms with van der Waals surface area (Å²) in [5.41, 5.74) is 1.17. The highest BCUT2D eigenvalue weighted by molar-refractivity contribution is 7.80. The second kappa shape index (κ2) is 7.05. The molecule has 0 fully saturated rings. The third kappa shape index (κ3) is 3.58. The topological polar surface area (TPSA) is 21.3 Å². The Labute approximate surface area is 108 Å². The third-order valence-electron chi connectivity index (χ3n) is 2.42. The van der Waals surface area contributed by atoms with Gasteiger partial charge in [0.05, 0.1) is 11.6 Å². The molecule has 0 heterocycles. The third-order valence-corrected chi connectivity index (χ3v) is 2.98. The predicted molar refractivity (Wildman–Crippen MR) is 72.9 cm³/mol. The summed E-state index contributed by atoms with van der Waals surface area (Å²) in [6.45, 7) is 2.58. The Morgan fingerprint density at radius 3 is 2.75 bits per heavy atom. The van der Waals surface area contributed by atoms with Gasteiger partial charge in [-0.2, -0.15) is 12.6 Å². The van der Waals surface area contributed by atoms with Gasteiger partial charge in [-0.1, -0.05) is 17.7 Å². The summed E-state index contributed by atoms with van der Waals surface area (Å²) in [5, 5.41) is 3.92. The van der Waals surface area contributed by atoms with Gasteiger partial charge in [-0.25, -0.2) is 0 Å². The lowest BCUT2D eigenvalue weighted by atomic mass is 10.0. The van der Waals surface area contributed by atoms with E-state index in [4.69, 9.17) is 16.3 Å². The molecule has 16 heavy (non-hydrogen) atoms. The Morgan fingerprint density at radius 1 is 1.50 bits per heavy atom. The predicted octanol–water partition coefficient (Wildman–Crippen LogP) is 3.32. The van der Waals surface area contributed by atoms with Crippen LogP contribution in [0.4, 0.5) is 0 Å². The molecule has 0 spiro atoms. The molecule has 1 aromatic carbocycles. The van der Waals surface area contributed by atoms with Crippen LogP contribution in [0.15, 0.2) is 18.2 Å². The van der Waals surface area contributed by atoms with Crippen LogP contribution in [-0.4, -0.2) is 19.4 Å². The summed E-state index contributed by atoms with van der Waals surface area (Å²) in [6, 6.07) is 6.22. The fraction of sp³-hybridized carbons (Fsp3) is 0.500. The van der Waals surface area contributed by atoms with E-state index in [0.29, 0.717) is 17.7 Å². The summed E-state index contributed by atoms with van der Waals surface area (Å²) in [4.78, 5) is 0. The highest BCUT2D eigenvalue weighted by Gasteiger charge is 2.10. The van der Waals surface area contributed by atoms with Crippen LogP contribution in [0.2, 0.25) is 5.02 Å². The first-order valence-electron chi connectivity index (χ1n) is 5.43. The fourth-order valence-electron chi connectivity index (χ4n) is 1.61. The van der Waals surface area contributed by atoms with Crippen LogP contribution < -0.4 is 10.1 Å². The molecule has 0 saturated heterocycles. The first-order chi connectivity index (χ1) is 7.72. The number of hydrogen-bond donors (Lipinski definition) is 2. The zero-order valence-electron chi connectivity index (χ0n) is 9.66. The van der Waals surface area contributed by atoms with Crippen molar-refractivity contribution in [2.24, 2.45) is 0 Å². The Balaban J connectivity index is 2.85. The van der Waals surface area contributed by atoms with E-state index in [-0.39, 0.29) is 0 Å². The van der Waals surface area contributed by atoms with Gasteiger partial charge in [0.1, 0.15) is 5.75 Å². The summed E-state index contributed by atoms with van der Waals surface area (Å²) in [6.07, 6.45) is 0.976. The number of benzene rings is 1. The quantitative estimate of drug-likeness (QED) is 0.765. The van der Waals surface area contributed by atoms with Gasteiger partial charge < -0.3 is 10.1 Å². The average Bonchev–Trinajstić information content (AvgIpc) is 2.29. The molecule has 1 aromatic rings. The minimum atomic E-state index is 0.297. The van der Waals surface area contributed by atoms with E-state index in [1.165, 1.54) is 5.56 Å². The van der Waals surface area contributed by atoms with Crippen molar-refractivity contribution in [3.05, 3.63) is 28.8 Å². The van der Waals surface area contributed by atoms with Gasteiger partial charge >= 0.3 is 0 Å². The first-order valence-corrected chi connectivity index (χ1v) is 6.44. The molecule has 0 aliphatic carbocycles. The van der Waals surface area contributed by atoms with Crippen LogP contribution in [0.1, 0.15) is 24.9 Å². The van der Waals surface area contributed by atoms with E-state index in [9.17, 15) is 0 Å². The number of nitrogens with one attached hydrogen (secondary N) is 1. The molecule has 1 unspecified atom stereocenters. The smallest absolute Gasteiger partial charge is 0.137 e. The molecule has 1 N–H and O–H groups in total. The molecule has 0 saturated carbocycles. The zero-order chi connectivity index (χ0) is 12.0. The van der Waals surface area contributed by atoms with Crippen LogP contribution >= 0.6 is 24.2 Å². The minimum Gasteiger partial charge on any atom is -0.492 e. The Hall–Kier alpha value is -0.380. The molecular weight excluding hydrogens is 242 g/mol. The molecule has 90 valence electrons. The molecule has 0 aliphatic rings. The molecular formula is C12H18ClNOS. The average molecular weight is 260 g/mol. The highest BCUT2D eigenvalue weighted by atomic mass is 35.5. The van der Waals surface area contributed by atoms with Crippen LogP contribution in [0.3, 0.4) is 0 Å². The van der Waals surface area contributed by atoms with E-state index < -0.39 is 0 Å². The lowest BCUT2D eigenvalue weighted by Gasteiger charge is -2.16. The van der Waals surface area contributed by atoms with Gasteiger partial charge in [0.25, 0.3) is 0 Å². The standard InChI is InChI=1S/C12H18ClNOS/c1-3-15-12-5-4-9(8-10(12)13)11(14-2)6-7-16/h4-5,8,11,14,16H,3,6-7H2,1-2H3. The largest absolute Gasteiger partial charge is 0.492 e. The molecule has 0 bridgehead atoms. The Kier molecular flexibility index (Phi) is 6.03. The Bertz CT molecular complexity index is 333. The first kappa shape index (κ1) is 13.7. The molecule has 0 amide bonds. The van der Waals surface area contributed by atoms with Crippen molar-refractivity contribution in [3.8, 4) is 5.75 Å². The zero-order valence-corrected chi connectivity index (χ0v) is 11.3. The van der Waals surface area contributed by atoms with Crippen LogP contribution in [0, 0.1) is 0 Å². The maximum Gasteiger partial charge on any atom is 0.137 e. The van der Waals surface area contributed by atoms with Gasteiger partial charge in [-0.15, -0.1) is 0 Å². The van der Waals surface area contributed by atoms with Crippen molar-refractivity contribution in [3.63, 3.8) is 0 Å². The molecule has 0 aliphatic heterocycles. The number of rotatable bonds is 6. The molecule has 0 aromatic heterocycles. The van der Waals surface area contributed by atoms with Crippen LogP contribution in [0.25, 0.3) is 0 Å². The van der Waals surface area contributed by atoms with Gasteiger partial charge in [0.2, 0.25) is 0 Å². The lowest BCUT2D eigenvalue weighted by molar-refractivity contribution is 0.340. The second-order valence-electron chi connectivity index (χ2n) is 3.48. The lowest BCUT2D eigenvalue weighted by Crippen LogP contribution is -2.16. The second-order valence-corrected chi connectivity index (χ2v) is 4.33. The summed E-state index contributed by atoms with van der Waals surface area (Å²) < 4.78 is 5.40. The van der Waals surface area contributed by atoms with E-state index in [2.05, 4.69) is 17.9 Å². The molecule has 2 nitrogen and oxygen atoms in total. The summed E-state index contributed by atoms with van der Waals surface area (Å²) >= 11 is 10.4. The van der Waals surface area contributed by atoms with Gasteiger partial charge in [0, 0.05) is 6.04 Å². The number of thiol groups is 1. The fourth-order valence-corrected chi connectivity index (χ4v) is 2.11. The van der Waals surface area contributed by atoms with Crippen molar-refractivity contribution in [1.82, 2.24) is 5.32 Å². The number of hydrogen-bond acceptors (Lipinski definition) is 3. The summed E-state index contributed by atoms with van der Waals surface area (Å²) in [7, 11) is 1.94. The number of halogens is 1. The molecule has 1 rings (SSSR count). The van der Waals surface area contributed by atoms with Crippen molar-refractivity contribution >= 4 is 24.2 Å². The van der Waals surface area contributed by atoms with Gasteiger partial charge in [0.15, 0.2) is 0 Å². The number of ether oxygens (including phenoxy) is 1. The molecule has 4 heteroatoms. The van der Waals surface area contributed by atoms with Crippen LogP contribution in [0.5, 0.6) is 5.75 Å². The van der Waals surface area contributed by atoms with Crippen molar-refractivity contribution in [1.29, 1.82) is 0 Å². The van der Waals surface area contributed by atoms with E-state index in [1.54, 1.807) is 0 Å². The van der Waals surface area contributed by atoms with Crippen molar-refractivity contribution < 1.29 is 4.74 Å². The van der Waals surface area contributed by atoms with Gasteiger partial charge in [-0.05, 0) is 43.8 Å². The van der Waals surface area contributed by atoms with Crippen LogP contribution in [-0.2, 0) is 0 Å². The maximum absolute atomic E-state index is 6.14. The van der Waals surface area contributed by atoms with E-state index in [0.717, 1.165) is 17.9 Å². The molecule has 0 radical (unpaired) electrons. The van der Waals surface area contributed by atoms with E-state index in [1.807, 2.05) is 32.2 Å². The van der Waals surface area contributed by atoms with Crippen molar-refractivity contribution in [2.45, 2.75) is 19.4 Å². The normalized spacial score (nSPS) is 12.5. The summed E-state index contributed by atoms with van der Waals surface area (Å²) in [5.74, 6) is 1.59. The van der Waals surface area contributed by atoms with E-state index >= 15 is 0 Å². The Morgan fingerprint density at radius 2 is 2.25 bits per heavy atom. The highest BCUT2D eigenvalue weighted by Crippen LogP contribution is 2.28. The van der Waals surface area contributed by atoms with Crippen molar-refractivity contribution in [2.75, 3.05) is 19.4 Å². The monoisotopic (exact) mass is 259 g/mol. The van der Waals surface area contributed by atoms with Gasteiger partial charge in [-0.3, -0.25) is 0 Å². The minimum absolute atomic E-state index is 0.297.